The molecule has 2 rings (SSSR count). The van der Waals surface area contributed by atoms with Gasteiger partial charge in [0.15, 0.2) is 0 Å². The van der Waals surface area contributed by atoms with Crippen LogP contribution in [0.1, 0.15) is 38.9 Å². The van der Waals surface area contributed by atoms with Crippen LogP contribution in [0.25, 0.3) is 0 Å². The fourth-order valence-electron chi connectivity index (χ4n) is 2.17. The van der Waals surface area contributed by atoms with Crippen molar-refractivity contribution in [2.24, 2.45) is 0 Å². The molecule has 6 heteroatoms. The minimum atomic E-state index is -0.379. The first-order chi connectivity index (χ1) is 9.92. The second-order valence-corrected chi connectivity index (χ2v) is 6.08. The summed E-state index contributed by atoms with van der Waals surface area (Å²) >= 11 is 1.66. The summed E-state index contributed by atoms with van der Waals surface area (Å²) < 4.78 is 4.73. The van der Waals surface area contributed by atoms with E-state index in [4.69, 9.17) is 10.5 Å². The van der Waals surface area contributed by atoms with Crippen LogP contribution >= 0.6 is 11.3 Å². The number of aryl methyl sites for hydroxylation is 2. The number of hydrogen-bond acceptors (Lipinski definition) is 6. The van der Waals surface area contributed by atoms with E-state index in [2.05, 4.69) is 10.3 Å². The van der Waals surface area contributed by atoms with E-state index in [1.807, 2.05) is 20.8 Å². The smallest absolute Gasteiger partial charge is 0.337 e. The minimum Gasteiger partial charge on any atom is -0.465 e. The molecule has 0 aliphatic rings. The van der Waals surface area contributed by atoms with Gasteiger partial charge in [0.05, 0.1) is 40.8 Å². The third kappa shape index (κ3) is 3.33. The number of nitrogens with zero attached hydrogens (tertiary/aromatic N) is 1. The quantitative estimate of drug-likeness (QED) is 0.669. The summed E-state index contributed by atoms with van der Waals surface area (Å²) in [5.41, 5.74) is 8.77. The second-order valence-electron chi connectivity index (χ2n) is 4.84. The molecule has 3 N–H and O–H groups in total. The van der Waals surface area contributed by atoms with Crippen molar-refractivity contribution in [3.8, 4) is 0 Å². The Labute approximate surface area is 128 Å². The molecule has 0 saturated carbocycles. The number of thiazole rings is 1. The zero-order chi connectivity index (χ0) is 15.6. The van der Waals surface area contributed by atoms with E-state index >= 15 is 0 Å². The summed E-state index contributed by atoms with van der Waals surface area (Å²) in [4.78, 5) is 17.2. The van der Waals surface area contributed by atoms with Gasteiger partial charge in [0, 0.05) is 4.88 Å². The van der Waals surface area contributed by atoms with Crippen molar-refractivity contribution in [3.63, 3.8) is 0 Å². The lowest BCUT2D eigenvalue weighted by atomic mass is 10.1. The topological polar surface area (TPSA) is 77.2 Å². The van der Waals surface area contributed by atoms with Crippen molar-refractivity contribution in [1.82, 2.24) is 4.98 Å². The first-order valence-electron chi connectivity index (χ1n) is 6.60. The number of ether oxygens (including phenoxy) is 1. The van der Waals surface area contributed by atoms with Gasteiger partial charge in [-0.1, -0.05) is 0 Å². The number of nitrogens with one attached hydrogen (secondary N) is 1. The molecular formula is C15H19N3O2S. The highest BCUT2D eigenvalue weighted by atomic mass is 32.1. The van der Waals surface area contributed by atoms with Crippen LogP contribution in [0, 0.1) is 13.8 Å². The van der Waals surface area contributed by atoms with Crippen LogP contribution < -0.4 is 11.1 Å². The molecule has 2 aromatic rings. The van der Waals surface area contributed by atoms with Crippen molar-refractivity contribution < 1.29 is 9.53 Å². The van der Waals surface area contributed by atoms with Crippen LogP contribution in [-0.2, 0) is 4.74 Å². The summed E-state index contributed by atoms with van der Waals surface area (Å²) in [7, 11) is 1.36. The van der Waals surface area contributed by atoms with E-state index in [1.165, 1.54) is 7.11 Å². The zero-order valence-electron chi connectivity index (χ0n) is 12.6. The van der Waals surface area contributed by atoms with Crippen LogP contribution in [0.15, 0.2) is 18.2 Å². The van der Waals surface area contributed by atoms with Crippen molar-refractivity contribution in [2.75, 3.05) is 18.2 Å². The zero-order valence-corrected chi connectivity index (χ0v) is 13.4. The molecule has 0 radical (unpaired) electrons. The summed E-state index contributed by atoms with van der Waals surface area (Å²) in [6.45, 7) is 6.02. The SMILES string of the molecule is COC(=O)c1ccc(N)c(NC(C)c2sc(C)nc2C)c1. The molecule has 1 heterocycles. The summed E-state index contributed by atoms with van der Waals surface area (Å²) in [6.07, 6.45) is 0. The average molecular weight is 305 g/mol. The predicted molar refractivity (Wildman–Crippen MR) is 85.8 cm³/mol. The molecule has 21 heavy (non-hydrogen) atoms. The van der Waals surface area contributed by atoms with Crippen molar-refractivity contribution in [1.29, 1.82) is 0 Å². The van der Waals surface area contributed by atoms with E-state index in [0.717, 1.165) is 21.3 Å². The standard InChI is InChI=1S/C15H19N3O2S/c1-8-14(21-10(3)17-8)9(2)18-13-7-11(15(19)20-4)5-6-12(13)16/h5-7,9,18H,16H2,1-4H3. The summed E-state index contributed by atoms with van der Waals surface area (Å²) in [5.74, 6) is -0.379. The normalized spacial score (nSPS) is 12.0. The van der Waals surface area contributed by atoms with Crippen LogP contribution in [-0.4, -0.2) is 18.1 Å². The number of anilines is 2. The van der Waals surface area contributed by atoms with Crippen LogP contribution in [0.5, 0.6) is 0 Å². The highest BCUT2D eigenvalue weighted by molar-refractivity contribution is 7.11. The fourth-order valence-corrected chi connectivity index (χ4v) is 3.10. The Morgan fingerprint density at radius 2 is 2.14 bits per heavy atom. The fraction of sp³-hybridized carbons (Fsp3) is 0.333. The van der Waals surface area contributed by atoms with Gasteiger partial charge in [-0.05, 0) is 39.0 Å². The predicted octanol–water partition coefficient (Wildman–Crippen LogP) is 3.30. The monoisotopic (exact) mass is 305 g/mol. The lowest BCUT2D eigenvalue weighted by Crippen LogP contribution is -2.10. The highest BCUT2D eigenvalue weighted by Crippen LogP contribution is 2.30. The Morgan fingerprint density at radius 1 is 1.43 bits per heavy atom. The maximum Gasteiger partial charge on any atom is 0.337 e. The van der Waals surface area contributed by atoms with Crippen molar-refractivity contribution in [3.05, 3.63) is 39.3 Å². The van der Waals surface area contributed by atoms with Crippen molar-refractivity contribution in [2.45, 2.75) is 26.8 Å². The molecule has 0 bridgehead atoms. The van der Waals surface area contributed by atoms with E-state index in [-0.39, 0.29) is 12.0 Å². The lowest BCUT2D eigenvalue weighted by molar-refractivity contribution is 0.0601. The molecule has 5 nitrogen and oxygen atoms in total. The molecule has 0 aliphatic heterocycles. The molecule has 0 saturated heterocycles. The molecule has 1 aromatic heterocycles. The number of benzene rings is 1. The minimum absolute atomic E-state index is 0.0615. The number of nitrogen functional groups attached to an aromatic ring is 1. The number of carbonyl (C=O) groups is 1. The third-order valence-corrected chi connectivity index (χ3v) is 4.43. The van der Waals surface area contributed by atoms with Crippen LogP contribution in [0.3, 0.4) is 0 Å². The Hall–Kier alpha value is -2.08. The van der Waals surface area contributed by atoms with Gasteiger partial charge in [-0.2, -0.15) is 0 Å². The van der Waals surface area contributed by atoms with Gasteiger partial charge < -0.3 is 15.8 Å². The molecule has 0 fully saturated rings. The van der Waals surface area contributed by atoms with E-state index in [9.17, 15) is 4.79 Å². The second kappa shape index (κ2) is 6.13. The molecule has 0 spiro atoms. The van der Waals surface area contributed by atoms with E-state index in [1.54, 1.807) is 29.5 Å². The van der Waals surface area contributed by atoms with Gasteiger partial charge in [0.2, 0.25) is 0 Å². The number of hydrogen-bond donors (Lipinski definition) is 2. The molecule has 1 aromatic carbocycles. The first-order valence-corrected chi connectivity index (χ1v) is 7.42. The number of methoxy groups -OCH3 is 1. The summed E-state index contributed by atoms with van der Waals surface area (Å²) in [6, 6.07) is 5.12. The molecule has 0 amide bonds. The van der Waals surface area contributed by atoms with Crippen LogP contribution in [0.4, 0.5) is 11.4 Å². The highest BCUT2D eigenvalue weighted by Gasteiger charge is 2.15. The summed E-state index contributed by atoms with van der Waals surface area (Å²) in [5, 5.41) is 4.37. The van der Waals surface area contributed by atoms with Gasteiger partial charge >= 0.3 is 5.97 Å². The van der Waals surface area contributed by atoms with E-state index < -0.39 is 0 Å². The lowest BCUT2D eigenvalue weighted by Gasteiger charge is -2.16. The van der Waals surface area contributed by atoms with Gasteiger partial charge in [-0.15, -0.1) is 11.3 Å². The van der Waals surface area contributed by atoms with Gasteiger partial charge in [-0.3, -0.25) is 0 Å². The average Bonchev–Trinajstić information content (AvgIpc) is 2.79. The Morgan fingerprint density at radius 3 is 2.71 bits per heavy atom. The number of rotatable bonds is 4. The largest absolute Gasteiger partial charge is 0.465 e. The third-order valence-electron chi connectivity index (χ3n) is 3.18. The Balaban J connectivity index is 2.26. The van der Waals surface area contributed by atoms with Crippen molar-refractivity contribution >= 4 is 28.7 Å². The van der Waals surface area contributed by atoms with Gasteiger partial charge in [0.25, 0.3) is 0 Å². The number of esters is 1. The molecule has 1 unspecified atom stereocenters. The number of aromatic nitrogens is 1. The number of carbonyl (C=O) groups excluding carboxylic acids is 1. The van der Waals surface area contributed by atoms with Crippen LogP contribution in [0.2, 0.25) is 0 Å². The molecular weight excluding hydrogens is 286 g/mol. The van der Waals surface area contributed by atoms with Gasteiger partial charge in [-0.25, -0.2) is 9.78 Å². The molecule has 0 aliphatic carbocycles. The first kappa shape index (κ1) is 15.3. The number of nitrogens with two attached hydrogens (primary N) is 1. The molecule has 1 atom stereocenters. The Bertz CT molecular complexity index is 667. The maximum atomic E-state index is 11.6. The Kier molecular flexibility index (Phi) is 4.47. The molecule has 112 valence electrons. The van der Waals surface area contributed by atoms with Gasteiger partial charge in [0.1, 0.15) is 0 Å². The van der Waals surface area contributed by atoms with E-state index in [0.29, 0.717) is 11.3 Å². The maximum absolute atomic E-state index is 11.6.